The topological polar surface area (TPSA) is 38.5 Å². The van der Waals surface area contributed by atoms with E-state index >= 15 is 0 Å². The molecule has 20 heavy (non-hydrogen) atoms. The Morgan fingerprint density at radius 2 is 1.90 bits per heavy atom. The Morgan fingerprint density at radius 1 is 1.30 bits per heavy atom. The molecule has 1 aromatic rings. The van der Waals surface area contributed by atoms with Crippen molar-refractivity contribution in [2.75, 3.05) is 25.4 Å². The molecule has 0 aromatic heterocycles. The second-order valence-electron chi connectivity index (χ2n) is 5.00. The maximum absolute atomic E-state index is 5.89. The fraction of sp³-hybridized carbons (Fsp3) is 0.467. The van der Waals surface area contributed by atoms with Gasteiger partial charge in [0, 0.05) is 18.2 Å². The monoisotopic (exact) mass is 402 g/mol. The molecular weight excluding hydrogens is 384 g/mol. The predicted molar refractivity (Wildman–Crippen MR) is 91.2 cm³/mol. The molecule has 1 aromatic carbocycles. The minimum atomic E-state index is 0.406. The third-order valence-electron chi connectivity index (χ3n) is 3.56. The number of halogens is 2. The van der Waals surface area contributed by atoms with E-state index in [-0.39, 0.29) is 0 Å². The van der Waals surface area contributed by atoms with Gasteiger partial charge >= 0.3 is 0 Å². The van der Waals surface area contributed by atoms with E-state index in [9.17, 15) is 0 Å². The highest BCUT2D eigenvalue weighted by molar-refractivity contribution is 9.11. The van der Waals surface area contributed by atoms with Gasteiger partial charge in [-0.1, -0.05) is 6.08 Å². The van der Waals surface area contributed by atoms with E-state index in [1.807, 2.05) is 18.2 Å². The van der Waals surface area contributed by atoms with Crippen LogP contribution in [-0.4, -0.2) is 30.6 Å². The zero-order valence-corrected chi connectivity index (χ0v) is 14.6. The maximum Gasteiger partial charge on any atom is 0.147 e. The van der Waals surface area contributed by atoms with Crippen LogP contribution in [0.25, 0.3) is 0 Å². The standard InChI is InChI=1S/C15H20Br2N2O/c1-2-12(19-6-3-4-7-19)5-8-20-15-13(16)9-11(18)10-14(15)17/h2,9-10,12H,1,3-8,18H2. The van der Waals surface area contributed by atoms with E-state index in [1.54, 1.807) is 0 Å². The first-order chi connectivity index (χ1) is 9.61. The number of ether oxygens (including phenoxy) is 1. The lowest BCUT2D eigenvalue weighted by atomic mass is 10.2. The Kier molecular flexibility index (Phi) is 5.93. The van der Waals surface area contributed by atoms with E-state index in [2.05, 4.69) is 43.3 Å². The van der Waals surface area contributed by atoms with Crippen molar-refractivity contribution in [1.29, 1.82) is 0 Å². The van der Waals surface area contributed by atoms with Crippen molar-refractivity contribution in [1.82, 2.24) is 4.90 Å². The van der Waals surface area contributed by atoms with Crippen molar-refractivity contribution in [3.63, 3.8) is 0 Å². The summed E-state index contributed by atoms with van der Waals surface area (Å²) in [5, 5.41) is 0. The lowest BCUT2D eigenvalue weighted by Crippen LogP contribution is -2.32. The zero-order chi connectivity index (χ0) is 14.5. The van der Waals surface area contributed by atoms with Gasteiger partial charge in [-0.15, -0.1) is 6.58 Å². The van der Waals surface area contributed by atoms with Crippen molar-refractivity contribution in [2.24, 2.45) is 0 Å². The minimum Gasteiger partial charge on any atom is -0.491 e. The Bertz CT molecular complexity index is 450. The summed E-state index contributed by atoms with van der Waals surface area (Å²) >= 11 is 6.97. The molecule has 2 rings (SSSR count). The smallest absolute Gasteiger partial charge is 0.147 e. The van der Waals surface area contributed by atoms with E-state index in [1.165, 1.54) is 25.9 Å². The normalized spacial score (nSPS) is 17.1. The molecule has 1 atom stereocenters. The van der Waals surface area contributed by atoms with Crippen LogP contribution < -0.4 is 10.5 Å². The summed E-state index contributed by atoms with van der Waals surface area (Å²) in [6.45, 7) is 6.95. The van der Waals surface area contributed by atoms with Crippen LogP contribution in [0.15, 0.2) is 33.7 Å². The van der Waals surface area contributed by atoms with Crippen molar-refractivity contribution >= 4 is 37.5 Å². The molecule has 1 aliphatic heterocycles. The first kappa shape index (κ1) is 15.9. The molecule has 0 amide bonds. The number of hydrogen-bond donors (Lipinski definition) is 1. The van der Waals surface area contributed by atoms with Crippen LogP contribution in [0, 0.1) is 0 Å². The van der Waals surface area contributed by atoms with Crippen molar-refractivity contribution in [2.45, 2.75) is 25.3 Å². The predicted octanol–water partition coefficient (Wildman–Crippen LogP) is 4.21. The molecule has 0 bridgehead atoms. The van der Waals surface area contributed by atoms with Gasteiger partial charge in [-0.25, -0.2) is 0 Å². The molecule has 0 radical (unpaired) electrons. The quantitative estimate of drug-likeness (QED) is 0.571. The molecule has 0 spiro atoms. The first-order valence-electron chi connectivity index (χ1n) is 6.85. The number of hydrogen-bond acceptors (Lipinski definition) is 3. The summed E-state index contributed by atoms with van der Waals surface area (Å²) < 4.78 is 7.64. The summed E-state index contributed by atoms with van der Waals surface area (Å²) in [6.07, 6.45) is 5.56. The number of likely N-dealkylation sites (tertiary alicyclic amines) is 1. The SMILES string of the molecule is C=CC(CCOc1c(Br)cc(N)cc1Br)N1CCCC1. The lowest BCUT2D eigenvalue weighted by molar-refractivity contribution is 0.223. The van der Waals surface area contributed by atoms with E-state index in [0.717, 1.165) is 21.1 Å². The third kappa shape index (κ3) is 3.99. The second kappa shape index (κ2) is 7.48. The molecule has 5 heteroatoms. The third-order valence-corrected chi connectivity index (χ3v) is 4.74. The second-order valence-corrected chi connectivity index (χ2v) is 6.71. The number of nitrogen functional groups attached to an aromatic ring is 1. The Hall–Kier alpha value is -0.520. The number of anilines is 1. The van der Waals surface area contributed by atoms with Crippen molar-refractivity contribution in [3.05, 3.63) is 33.7 Å². The summed E-state index contributed by atoms with van der Waals surface area (Å²) in [6, 6.07) is 4.11. The molecule has 1 saturated heterocycles. The fourth-order valence-electron chi connectivity index (χ4n) is 2.52. The van der Waals surface area contributed by atoms with Crippen molar-refractivity contribution in [3.8, 4) is 5.75 Å². The van der Waals surface area contributed by atoms with Crippen LogP contribution in [0.3, 0.4) is 0 Å². The molecule has 3 nitrogen and oxygen atoms in total. The highest BCUT2D eigenvalue weighted by Crippen LogP contribution is 2.35. The van der Waals surface area contributed by atoms with E-state index in [0.29, 0.717) is 18.3 Å². The molecule has 0 aliphatic carbocycles. The zero-order valence-electron chi connectivity index (χ0n) is 11.4. The molecule has 1 fully saturated rings. The number of rotatable bonds is 6. The Balaban J connectivity index is 1.90. The van der Waals surface area contributed by atoms with Crippen molar-refractivity contribution < 1.29 is 4.74 Å². The maximum atomic E-state index is 5.89. The molecule has 0 saturated carbocycles. The van der Waals surface area contributed by atoms with E-state index < -0.39 is 0 Å². The van der Waals surface area contributed by atoms with E-state index in [4.69, 9.17) is 10.5 Å². The number of nitrogens with two attached hydrogens (primary N) is 1. The minimum absolute atomic E-state index is 0.406. The molecular formula is C15H20Br2N2O. The Labute approximate surface area is 137 Å². The van der Waals surface area contributed by atoms with Gasteiger partial charge in [0.2, 0.25) is 0 Å². The van der Waals surface area contributed by atoms with Crippen LogP contribution in [0.4, 0.5) is 5.69 Å². The van der Waals surface area contributed by atoms with Crippen LogP contribution in [0.2, 0.25) is 0 Å². The average molecular weight is 404 g/mol. The summed E-state index contributed by atoms with van der Waals surface area (Å²) in [7, 11) is 0. The molecule has 1 heterocycles. The fourth-order valence-corrected chi connectivity index (χ4v) is 3.97. The number of benzene rings is 1. The summed E-state index contributed by atoms with van der Waals surface area (Å²) in [4.78, 5) is 2.48. The summed E-state index contributed by atoms with van der Waals surface area (Å²) in [5.41, 5.74) is 6.48. The van der Waals surface area contributed by atoms with Crippen LogP contribution in [0.1, 0.15) is 19.3 Å². The van der Waals surface area contributed by atoms with Gasteiger partial charge in [-0.05, 0) is 69.9 Å². The van der Waals surface area contributed by atoms with Gasteiger partial charge in [0.25, 0.3) is 0 Å². The van der Waals surface area contributed by atoms with Gasteiger partial charge in [0.1, 0.15) is 5.75 Å². The summed E-state index contributed by atoms with van der Waals surface area (Å²) in [5.74, 6) is 0.809. The van der Waals surface area contributed by atoms with Gasteiger partial charge in [0.15, 0.2) is 0 Å². The lowest BCUT2D eigenvalue weighted by Gasteiger charge is -2.24. The van der Waals surface area contributed by atoms with Crippen LogP contribution >= 0.6 is 31.9 Å². The van der Waals surface area contributed by atoms with Gasteiger partial charge < -0.3 is 10.5 Å². The first-order valence-corrected chi connectivity index (χ1v) is 8.44. The molecule has 2 N–H and O–H groups in total. The van der Waals surface area contributed by atoms with Crippen LogP contribution in [0.5, 0.6) is 5.75 Å². The highest BCUT2D eigenvalue weighted by Gasteiger charge is 2.19. The Morgan fingerprint density at radius 3 is 2.45 bits per heavy atom. The highest BCUT2D eigenvalue weighted by atomic mass is 79.9. The average Bonchev–Trinajstić information content (AvgIpc) is 2.90. The number of nitrogens with zero attached hydrogens (tertiary/aromatic N) is 1. The van der Waals surface area contributed by atoms with Gasteiger partial charge in [-0.2, -0.15) is 0 Å². The molecule has 1 aliphatic rings. The molecule has 110 valence electrons. The van der Waals surface area contributed by atoms with Gasteiger partial charge in [-0.3, -0.25) is 4.90 Å². The largest absolute Gasteiger partial charge is 0.491 e. The van der Waals surface area contributed by atoms with Gasteiger partial charge in [0.05, 0.1) is 15.6 Å². The molecule has 1 unspecified atom stereocenters. The van der Waals surface area contributed by atoms with Crippen LogP contribution in [-0.2, 0) is 0 Å².